The van der Waals surface area contributed by atoms with Gasteiger partial charge in [0.05, 0.1) is 24.2 Å². The predicted molar refractivity (Wildman–Crippen MR) is 172 cm³/mol. The highest BCUT2D eigenvalue weighted by molar-refractivity contribution is 5.77. The number of ether oxygens (including phenoxy) is 1. The molecule has 0 bridgehead atoms. The van der Waals surface area contributed by atoms with E-state index in [0.717, 1.165) is 12.0 Å². The zero-order valence-electron chi connectivity index (χ0n) is 29.3. The minimum Gasteiger partial charge on any atom is -0.481 e. The van der Waals surface area contributed by atoms with Crippen LogP contribution in [-0.4, -0.2) is 113 Å². The summed E-state index contributed by atoms with van der Waals surface area (Å²) in [4.78, 5) is 37.8. The molecule has 0 aromatic rings. The molecule has 0 aromatic heterocycles. The second-order valence-corrected chi connectivity index (χ2v) is 17.3. The lowest BCUT2D eigenvalue weighted by Gasteiger charge is -2.72. The minimum absolute atomic E-state index is 0.0879. The lowest BCUT2D eigenvalue weighted by atomic mass is 9.32. The summed E-state index contributed by atoms with van der Waals surface area (Å²) in [6, 6.07) is 0. The molecular weight excluding hydrogens is 640 g/mol. The van der Waals surface area contributed by atoms with Crippen molar-refractivity contribution in [3.05, 3.63) is 11.6 Å². The van der Waals surface area contributed by atoms with Crippen LogP contribution in [0.25, 0.3) is 0 Å². The Morgan fingerprint density at radius 2 is 1.53 bits per heavy atom. The van der Waals surface area contributed by atoms with Crippen molar-refractivity contribution < 1.29 is 65.1 Å². The van der Waals surface area contributed by atoms with Crippen LogP contribution in [0.3, 0.4) is 0 Å². The summed E-state index contributed by atoms with van der Waals surface area (Å²) >= 11 is 0. The Morgan fingerprint density at radius 1 is 0.918 bits per heavy atom. The van der Waals surface area contributed by atoms with Crippen LogP contribution in [0, 0.1) is 56.7 Å². The second kappa shape index (κ2) is 12.5. The number of carboxylic acids is 2. The van der Waals surface area contributed by atoms with Gasteiger partial charge in [-0.1, -0.05) is 53.2 Å². The van der Waals surface area contributed by atoms with Gasteiger partial charge in [-0.2, -0.15) is 0 Å². The topological polar surface area (TPSA) is 243 Å². The van der Waals surface area contributed by atoms with Crippen molar-refractivity contribution in [1.29, 1.82) is 0 Å². The standard InChI is InChI=1S/C36H56O13/c1-16-9-10-36(31(47)48)12-11-34(5)18(22(36)17(16)2)7-8-21-32(3)13-19(38)28(43)33(4,15-37)27(32)20(14-35(21,34)6)49-30(46)26(42)24(40)23(39)25(41)29(44)45/h7,16-17,19-28,37-43H,8-15H2,1-6H3,(H,44,45)(H,47,48)/t16-,17+,19-,20-,21-,22+,23+,24+,25+,26-,27-,28+,32-,33+,34-,35-,36+/m1/s1. The first-order valence-corrected chi connectivity index (χ1v) is 17.7. The molecule has 0 heterocycles. The Balaban J connectivity index is 1.62. The molecule has 0 amide bonds. The van der Waals surface area contributed by atoms with Crippen molar-refractivity contribution in [2.45, 2.75) is 129 Å². The summed E-state index contributed by atoms with van der Waals surface area (Å²) in [5.41, 5.74) is -3.35. The number of fused-ring (bicyclic) bond motifs is 7. The van der Waals surface area contributed by atoms with Gasteiger partial charge in [0.25, 0.3) is 0 Å². The predicted octanol–water partition coefficient (Wildman–Crippen LogP) is 1.08. The number of carboxylic acid groups (broad SMARTS) is 2. The molecule has 13 heteroatoms. The molecule has 5 aliphatic carbocycles. The molecule has 0 aliphatic heterocycles. The number of carbonyl (C=O) groups is 3. The molecule has 4 saturated carbocycles. The van der Waals surface area contributed by atoms with Crippen LogP contribution in [0.15, 0.2) is 11.6 Å². The number of hydrogen-bond acceptors (Lipinski definition) is 11. The van der Waals surface area contributed by atoms with Crippen LogP contribution in [0.1, 0.15) is 86.5 Å². The van der Waals surface area contributed by atoms with E-state index >= 15 is 0 Å². The number of aliphatic hydroxyl groups is 7. The van der Waals surface area contributed by atoms with E-state index in [9.17, 15) is 55.2 Å². The van der Waals surface area contributed by atoms with Gasteiger partial charge in [0.2, 0.25) is 0 Å². The van der Waals surface area contributed by atoms with Gasteiger partial charge in [0, 0.05) is 11.3 Å². The van der Waals surface area contributed by atoms with Gasteiger partial charge < -0.3 is 50.7 Å². The third-order valence-corrected chi connectivity index (χ3v) is 15.1. The second-order valence-electron chi connectivity index (χ2n) is 17.3. The molecule has 13 nitrogen and oxygen atoms in total. The number of esters is 1. The average molecular weight is 697 g/mol. The highest BCUT2D eigenvalue weighted by Crippen LogP contribution is 2.76. The number of rotatable bonds is 8. The van der Waals surface area contributed by atoms with Gasteiger partial charge in [-0.25, -0.2) is 9.59 Å². The zero-order valence-corrected chi connectivity index (χ0v) is 29.3. The Labute approximate surface area is 287 Å². The van der Waals surface area contributed by atoms with E-state index in [-0.39, 0.29) is 30.6 Å². The van der Waals surface area contributed by atoms with Crippen LogP contribution in [0.5, 0.6) is 0 Å². The largest absolute Gasteiger partial charge is 0.481 e. The van der Waals surface area contributed by atoms with Crippen molar-refractivity contribution in [2.24, 2.45) is 56.7 Å². The maximum atomic E-state index is 13.6. The van der Waals surface area contributed by atoms with Gasteiger partial charge in [-0.15, -0.1) is 0 Å². The molecule has 4 fully saturated rings. The molecule has 5 rings (SSSR count). The molecule has 0 radical (unpaired) electrons. The van der Waals surface area contributed by atoms with Gasteiger partial charge in [-0.3, -0.25) is 4.79 Å². The number of carbonyl (C=O) groups excluding carboxylic acids is 1. The smallest absolute Gasteiger partial charge is 0.338 e. The molecular formula is C36H56O13. The normalized spacial score (nSPS) is 48.6. The maximum Gasteiger partial charge on any atom is 0.338 e. The highest BCUT2D eigenvalue weighted by atomic mass is 16.6. The Hall–Kier alpha value is -2.13. The first-order chi connectivity index (χ1) is 22.6. The Bertz CT molecular complexity index is 1370. The summed E-state index contributed by atoms with van der Waals surface area (Å²) in [6.45, 7) is 11.5. The molecule has 0 aromatic carbocycles. The quantitative estimate of drug-likeness (QED) is 0.128. The number of allylic oxidation sites excluding steroid dienone is 2. The fraction of sp³-hybridized carbons (Fsp3) is 0.861. The molecule has 0 unspecified atom stereocenters. The van der Waals surface area contributed by atoms with Crippen molar-refractivity contribution in [1.82, 2.24) is 0 Å². The van der Waals surface area contributed by atoms with Gasteiger partial charge in [0.15, 0.2) is 12.2 Å². The fourth-order valence-electron chi connectivity index (χ4n) is 12.1. The lowest BCUT2D eigenvalue weighted by molar-refractivity contribution is -0.279. The van der Waals surface area contributed by atoms with E-state index in [4.69, 9.17) is 9.84 Å². The van der Waals surface area contributed by atoms with Crippen LogP contribution < -0.4 is 0 Å². The van der Waals surface area contributed by atoms with Crippen LogP contribution in [0.4, 0.5) is 0 Å². The summed E-state index contributed by atoms with van der Waals surface area (Å²) in [5.74, 6) is -4.83. The lowest BCUT2D eigenvalue weighted by Crippen LogP contribution is -2.72. The highest BCUT2D eigenvalue weighted by Gasteiger charge is 2.73. The number of aliphatic hydroxyl groups excluding tert-OH is 7. The van der Waals surface area contributed by atoms with Gasteiger partial charge in [-0.05, 0) is 84.9 Å². The molecule has 9 N–H and O–H groups in total. The molecule has 0 spiro atoms. The molecule has 17 atom stereocenters. The third kappa shape index (κ3) is 5.23. The first kappa shape index (κ1) is 38.1. The summed E-state index contributed by atoms with van der Waals surface area (Å²) < 4.78 is 6.02. The van der Waals surface area contributed by atoms with E-state index in [2.05, 4.69) is 33.8 Å². The van der Waals surface area contributed by atoms with Crippen molar-refractivity contribution in [2.75, 3.05) is 6.61 Å². The van der Waals surface area contributed by atoms with E-state index in [1.807, 2.05) is 6.92 Å². The Morgan fingerprint density at radius 3 is 2.10 bits per heavy atom. The van der Waals surface area contributed by atoms with Crippen molar-refractivity contribution in [3.63, 3.8) is 0 Å². The van der Waals surface area contributed by atoms with Crippen LogP contribution in [0.2, 0.25) is 0 Å². The first-order valence-electron chi connectivity index (χ1n) is 17.7. The SMILES string of the molecule is C[C@H]1[C@H](C)CC[C@]2(C(=O)O)CC[C@]3(C)C(=CC[C@@H]4[C@@]5(C)C[C@@H](O)[C@H](O)[C@@](C)(CO)[C@@H]5[C@H](OC(=O)[C@H](O)[C@@H](O)[C@H](O)[C@H](O)C(=O)O)C[C@]43C)[C@H]12. The van der Waals surface area contributed by atoms with Gasteiger partial charge >= 0.3 is 17.9 Å². The van der Waals surface area contributed by atoms with Crippen molar-refractivity contribution in [3.8, 4) is 0 Å². The third-order valence-electron chi connectivity index (χ3n) is 15.1. The molecule has 49 heavy (non-hydrogen) atoms. The zero-order chi connectivity index (χ0) is 36.8. The minimum atomic E-state index is -2.50. The van der Waals surface area contributed by atoms with E-state index in [1.165, 1.54) is 0 Å². The number of aliphatic carboxylic acids is 2. The molecule has 278 valence electrons. The summed E-state index contributed by atoms with van der Waals surface area (Å²) in [7, 11) is 0. The molecule has 0 saturated heterocycles. The average Bonchev–Trinajstić information content (AvgIpc) is 3.03. The van der Waals surface area contributed by atoms with Crippen LogP contribution >= 0.6 is 0 Å². The summed E-state index contributed by atoms with van der Waals surface area (Å²) in [6.07, 6.45) is -8.10. The Kier molecular flexibility index (Phi) is 9.74. The number of hydrogen-bond donors (Lipinski definition) is 9. The summed E-state index contributed by atoms with van der Waals surface area (Å²) in [5, 5.41) is 94.3. The fourth-order valence-corrected chi connectivity index (χ4v) is 12.1. The van der Waals surface area contributed by atoms with E-state index < -0.39 is 100 Å². The van der Waals surface area contributed by atoms with Crippen LogP contribution in [-0.2, 0) is 19.1 Å². The van der Waals surface area contributed by atoms with E-state index in [0.29, 0.717) is 31.6 Å². The van der Waals surface area contributed by atoms with Crippen molar-refractivity contribution >= 4 is 17.9 Å². The van der Waals surface area contributed by atoms with Gasteiger partial charge in [0.1, 0.15) is 18.3 Å². The maximum absolute atomic E-state index is 13.6. The monoisotopic (exact) mass is 696 g/mol. The molecule has 5 aliphatic rings. The van der Waals surface area contributed by atoms with E-state index in [1.54, 1.807) is 6.92 Å².